The van der Waals surface area contributed by atoms with Crippen LogP contribution in [0.3, 0.4) is 0 Å². The van der Waals surface area contributed by atoms with Gasteiger partial charge in [-0.3, -0.25) is 4.79 Å². The van der Waals surface area contributed by atoms with E-state index >= 15 is 0 Å². The number of furan rings is 1. The fourth-order valence-electron chi connectivity index (χ4n) is 1.49. The van der Waals surface area contributed by atoms with Gasteiger partial charge in [-0.2, -0.15) is 5.10 Å². The minimum atomic E-state index is -0.462. The average molecular weight is 233 g/mol. The molecule has 5 nitrogen and oxygen atoms in total. The molecule has 16 heavy (non-hydrogen) atoms. The first-order valence-corrected chi connectivity index (χ1v) is 5.37. The first-order chi connectivity index (χ1) is 7.75. The summed E-state index contributed by atoms with van der Waals surface area (Å²) in [7, 11) is 0. The van der Waals surface area contributed by atoms with E-state index in [1.54, 1.807) is 17.0 Å². The highest BCUT2D eigenvalue weighted by molar-refractivity contribution is 7.21. The molecule has 0 saturated heterocycles. The lowest BCUT2D eigenvalue weighted by Crippen LogP contribution is -2.09. The molecular formula is C10H7N3O2S. The van der Waals surface area contributed by atoms with Gasteiger partial charge in [0.25, 0.3) is 5.91 Å². The van der Waals surface area contributed by atoms with E-state index in [2.05, 4.69) is 5.10 Å². The van der Waals surface area contributed by atoms with Crippen LogP contribution < -0.4 is 5.73 Å². The highest BCUT2D eigenvalue weighted by atomic mass is 32.1. The van der Waals surface area contributed by atoms with Crippen molar-refractivity contribution in [1.82, 2.24) is 9.61 Å². The summed E-state index contributed by atoms with van der Waals surface area (Å²) >= 11 is 1.46. The van der Waals surface area contributed by atoms with Crippen LogP contribution in [0.4, 0.5) is 0 Å². The molecule has 0 spiro atoms. The zero-order valence-electron chi connectivity index (χ0n) is 8.08. The molecule has 0 aliphatic carbocycles. The predicted octanol–water partition coefficient (Wildman–Crippen LogP) is 1.75. The summed E-state index contributed by atoms with van der Waals surface area (Å²) in [5.41, 5.74) is 6.66. The van der Waals surface area contributed by atoms with Gasteiger partial charge >= 0.3 is 0 Å². The lowest BCUT2D eigenvalue weighted by Gasteiger charge is -1.86. The molecule has 0 radical (unpaired) electrons. The zero-order valence-corrected chi connectivity index (χ0v) is 8.90. The van der Waals surface area contributed by atoms with E-state index in [0.29, 0.717) is 5.56 Å². The first kappa shape index (κ1) is 9.17. The maximum absolute atomic E-state index is 11.1. The number of amides is 1. The van der Waals surface area contributed by atoms with Crippen LogP contribution in [-0.2, 0) is 0 Å². The molecule has 80 valence electrons. The maximum Gasteiger partial charge on any atom is 0.253 e. The number of aromatic nitrogens is 2. The second-order valence-electron chi connectivity index (χ2n) is 3.28. The van der Waals surface area contributed by atoms with Gasteiger partial charge in [0.2, 0.25) is 0 Å². The lowest BCUT2D eigenvalue weighted by atomic mass is 10.3. The number of hydrogen-bond acceptors (Lipinski definition) is 4. The molecule has 0 atom stereocenters. The summed E-state index contributed by atoms with van der Waals surface area (Å²) in [6.45, 7) is 0. The number of fused-ring (bicyclic) bond motifs is 1. The van der Waals surface area contributed by atoms with Gasteiger partial charge in [0.15, 0.2) is 0 Å². The van der Waals surface area contributed by atoms with Crippen molar-refractivity contribution in [1.29, 1.82) is 0 Å². The summed E-state index contributed by atoms with van der Waals surface area (Å²) in [5, 5.41) is 4.07. The molecule has 0 aliphatic heterocycles. The molecular weight excluding hydrogens is 226 g/mol. The molecule has 0 saturated carbocycles. The van der Waals surface area contributed by atoms with Crippen molar-refractivity contribution < 1.29 is 9.21 Å². The molecule has 6 heteroatoms. The van der Waals surface area contributed by atoms with Gasteiger partial charge in [-0.15, -0.1) is 11.3 Å². The van der Waals surface area contributed by atoms with Crippen molar-refractivity contribution in [2.45, 2.75) is 0 Å². The van der Waals surface area contributed by atoms with Crippen molar-refractivity contribution in [3.05, 3.63) is 36.5 Å². The fourth-order valence-corrected chi connectivity index (χ4v) is 2.54. The third kappa shape index (κ3) is 1.24. The minimum absolute atomic E-state index is 0.444. The summed E-state index contributed by atoms with van der Waals surface area (Å²) in [6.07, 6.45) is 6.58. The Morgan fingerprint density at radius 1 is 1.56 bits per heavy atom. The summed E-state index contributed by atoms with van der Waals surface area (Å²) in [5.74, 6) is -0.462. The monoisotopic (exact) mass is 233 g/mol. The molecule has 3 aromatic heterocycles. The Labute approximate surface area is 94.1 Å². The number of primary amides is 1. The topological polar surface area (TPSA) is 73.5 Å². The van der Waals surface area contributed by atoms with Crippen LogP contribution in [0.5, 0.6) is 0 Å². The Morgan fingerprint density at radius 3 is 3.12 bits per heavy atom. The second kappa shape index (κ2) is 3.21. The molecule has 0 bridgehead atoms. The molecule has 1 amide bonds. The van der Waals surface area contributed by atoms with E-state index in [9.17, 15) is 4.79 Å². The normalized spacial score (nSPS) is 11.0. The number of hydrogen-bond donors (Lipinski definition) is 1. The van der Waals surface area contributed by atoms with Gasteiger partial charge in [0.1, 0.15) is 4.83 Å². The van der Waals surface area contributed by atoms with Crippen LogP contribution in [0.2, 0.25) is 0 Å². The summed E-state index contributed by atoms with van der Waals surface area (Å²) < 4.78 is 6.65. The molecule has 0 fully saturated rings. The van der Waals surface area contributed by atoms with Gasteiger partial charge in [-0.1, -0.05) is 0 Å². The zero-order chi connectivity index (χ0) is 11.1. The van der Waals surface area contributed by atoms with Gasteiger partial charge in [0, 0.05) is 11.8 Å². The van der Waals surface area contributed by atoms with Crippen LogP contribution in [0.15, 0.2) is 35.4 Å². The predicted molar refractivity (Wildman–Crippen MR) is 59.3 cm³/mol. The van der Waals surface area contributed by atoms with E-state index < -0.39 is 5.91 Å². The van der Waals surface area contributed by atoms with Crippen LogP contribution in [-0.4, -0.2) is 15.5 Å². The van der Waals surface area contributed by atoms with Gasteiger partial charge in [-0.25, -0.2) is 4.52 Å². The Hall–Kier alpha value is -2.08. The fraction of sp³-hybridized carbons (Fsp3) is 0. The second-order valence-corrected chi connectivity index (χ2v) is 4.31. The Morgan fingerprint density at radius 2 is 2.44 bits per heavy atom. The third-order valence-electron chi connectivity index (χ3n) is 2.27. The van der Waals surface area contributed by atoms with Crippen molar-refractivity contribution in [2.24, 2.45) is 5.73 Å². The van der Waals surface area contributed by atoms with Gasteiger partial charge < -0.3 is 10.2 Å². The number of carbonyl (C=O) groups excluding carboxylic acids is 1. The molecule has 2 N–H and O–H groups in total. The SMILES string of the molecule is NC(=O)c1cnn2cc(-c3ccoc3)sc12. The van der Waals surface area contributed by atoms with Gasteiger partial charge in [-0.05, 0) is 6.07 Å². The number of rotatable bonds is 2. The number of nitrogens with zero attached hydrogens (tertiary/aromatic N) is 2. The lowest BCUT2D eigenvalue weighted by molar-refractivity contribution is 0.100. The first-order valence-electron chi connectivity index (χ1n) is 4.55. The van der Waals surface area contributed by atoms with E-state index in [0.717, 1.165) is 15.3 Å². The largest absolute Gasteiger partial charge is 0.472 e. The molecule has 0 unspecified atom stereocenters. The minimum Gasteiger partial charge on any atom is -0.472 e. The van der Waals surface area contributed by atoms with Crippen molar-refractivity contribution in [3.63, 3.8) is 0 Å². The average Bonchev–Trinajstić information content (AvgIpc) is 2.92. The van der Waals surface area contributed by atoms with Crippen molar-refractivity contribution in [2.75, 3.05) is 0 Å². The van der Waals surface area contributed by atoms with Crippen LogP contribution in [0, 0.1) is 0 Å². The molecule has 0 aliphatic rings. The number of carbonyl (C=O) groups is 1. The van der Waals surface area contributed by atoms with Crippen LogP contribution in [0.1, 0.15) is 10.4 Å². The summed E-state index contributed by atoms with van der Waals surface area (Å²) in [4.78, 5) is 12.9. The number of thiazole rings is 1. The smallest absolute Gasteiger partial charge is 0.253 e. The van der Waals surface area contributed by atoms with Gasteiger partial charge in [0.05, 0.1) is 29.2 Å². The molecule has 3 heterocycles. The van der Waals surface area contributed by atoms with Crippen molar-refractivity contribution in [3.8, 4) is 10.4 Å². The van der Waals surface area contributed by atoms with E-state index in [4.69, 9.17) is 10.2 Å². The Bertz CT molecular complexity index is 651. The van der Waals surface area contributed by atoms with Crippen molar-refractivity contribution >= 4 is 22.1 Å². The molecule has 0 aromatic carbocycles. The van der Waals surface area contributed by atoms with E-state index in [-0.39, 0.29) is 0 Å². The number of nitrogens with two attached hydrogens (primary N) is 1. The maximum atomic E-state index is 11.1. The standard InChI is InChI=1S/C10H7N3O2S/c11-9(14)7-3-12-13-4-8(16-10(7)13)6-1-2-15-5-6/h1-5H,(H2,11,14). The quantitative estimate of drug-likeness (QED) is 0.732. The van der Waals surface area contributed by atoms with Crippen LogP contribution in [0.25, 0.3) is 15.3 Å². The highest BCUT2D eigenvalue weighted by Crippen LogP contribution is 2.30. The van der Waals surface area contributed by atoms with E-state index in [1.165, 1.54) is 17.5 Å². The molecule has 3 rings (SSSR count). The third-order valence-corrected chi connectivity index (χ3v) is 3.43. The summed E-state index contributed by atoms with van der Waals surface area (Å²) in [6, 6.07) is 1.86. The highest BCUT2D eigenvalue weighted by Gasteiger charge is 2.13. The molecule has 3 aromatic rings. The van der Waals surface area contributed by atoms with Crippen LogP contribution >= 0.6 is 11.3 Å². The Balaban J connectivity index is 2.20. The van der Waals surface area contributed by atoms with E-state index in [1.807, 2.05) is 12.3 Å². The Kier molecular flexibility index (Phi) is 1.84.